The highest BCUT2D eigenvalue weighted by Gasteiger charge is 2.33. The molecular weight excluding hydrogens is 420 g/mol. The lowest BCUT2D eigenvalue weighted by atomic mass is 10.1. The second-order valence-electron chi connectivity index (χ2n) is 6.36. The largest absolute Gasteiger partial charge is 0.506 e. The van der Waals surface area contributed by atoms with Crippen LogP contribution < -0.4 is 10.5 Å². The molecule has 0 saturated carbocycles. The van der Waals surface area contributed by atoms with Crippen molar-refractivity contribution in [2.45, 2.75) is 6.92 Å². The molecular formula is C19H17ClN2O8. The molecule has 3 aromatic rings. The van der Waals surface area contributed by atoms with E-state index in [9.17, 15) is 40.2 Å². The number of aromatic nitrogens is 1. The van der Waals surface area contributed by atoms with Crippen LogP contribution in [0.5, 0.6) is 34.5 Å². The van der Waals surface area contributed by atoms with E-state index in [4.69, 9.17) is 11.6 Å². The minimum atomic E-state index is -1.20. The van der Waals surface area contributed by atoms with E-state index in [0.717, 1.165) is 4.57 Å². The van der Waals surface area contributed by atoms with Gasteiger partial charge in [-0.25, -0.2) is 0 Å². The highest BCUT2D eigenvalue weighted by molar-refractivity contribution is 6.36. The second kappa shape index (κ2) is 7.23. The van der Waals surface area contributed by atoms with Gasteiger partial charge in [0, 0.05) is 13.6 Å². The maximum Gasteiger partial charge on any atom is 0.267 e. The molecule has 6 N–H and O–H groups in total. The van der Waals surface area contributed by atoms with Crippen LogP contribution >= 0.6 is 11.6 Å². The average Bonchev–Trinajstić information content (AvgIpc) is 2.72. The highest BCUT2D eigenvalue weighted by Crippen LogP contribution is 2.55. The highest BCUT2D eigenvalue weighted by atomic mass is 35.5. The predicted octanol–water partition coefficient (Wildman–Crippen LogP) is 2.09. The Hall–Kier alpha value is -3.79. The van der Waals surface area contributed by atoms with Gasteiger partial charge in [0.25, 0.3) is 11.5 Å². The molecule has 11 heteroatoms. The molecule has 0 fully saturated rings. The van der Waals surface area contributed by atoms with Gasteiger partial charge in [-0.1, -0.05) is 17.7 Å². The van der Waals surface area contributed by atoms with Crippen molar-refractivity contribution >= 4 is 34.1 Å². The van der Waals surface area contributed by atoms with Crippen molar-refractivity contribution in [1.29, 1.82) is 0 Å². The number of pyridine rings is 1. The zero-order chi connectivity index (χ0) is 22.5. The molecule has 3 rings (SSSR count). The number of aryl methyl sites for hydroxylation is 1. The number of benzene rings is 2. The molecule has 1 heterocycles. The summed E-state index contributed by atoms with van der Waals surface area (Å²) in [4.78, 5) is 26.7. The monoisotopic (exact) mass is 436 g/mol. The third kappa shape index (κ3) is 2.80. The SMILES string of the molecule is CCN(C(=O)c1c(O)c2c(Cl)cccc2n(C)c1=O)c1c(O)c(O)c(O)c(O)c1O. The van der Waals surface area contributed by atoms with E-state index < -0.39 is 57.2 Å². The van der Waals surface area contributed by atoms with Crippen LogP contribution in [-0.2, 0) is 7.05 Å². The number of rotatable bonds is 3. The maximum absolute atomic E-state index is 13.2. The van der Waals surface area contributed by atoms with Crippen LogP contribution in [0.15, 0.2) is 23.0 Å². The van der Waals surface area contributed by atoms with Crippen molar-refractivity contribution in [3.63, 3.8) is 0 Å². The van der Waals surface area contributed by atoms with Crippen LogP contribution in [0.3, 0.4) is 0 Å². The first kappa shape index (κ1) is 20.9. The van der Waals surface area contributed by atoms with Gasteiger partial charge in [0.15, 0.2) is 11.5 Å². The molecule has 0 spiro atoms. The van der Waals surface area contributed by atoms with Gasteiger partial charge in [0.2, 0.25) is 17.2 Å². The number of anilines is 1. The predicted molar refractivity (Wildman–Crippen MR) is 108 cm³/mol. The molecule has 0 unspecified atom stereocenters. The van der Waals surface area contributed by atoms with Gasteiger partial charge in [-0.3, -0.25) is 9.59 Å². The fourth-order valence-electron chi connectivity index (χ4n) is 3.19. The Labute approximate surface area is 173 Å². The summed E-state index contributed by atoms with van der Waals surface area (Å²) in [6.45, 7) is 1.14. The van der Waals surface area contributed by atoms with Crippen molar-refractivity contribution in [3.05, 3.63) is 39.1 Å². The number of nitrogens with zero attached hydrogens (tertiary/aromatic N) is 2. The van der Waals surface area contributed by atoms with Crippen LogP contribution in [0, 0.1) is 0 Å². The summed E-state index contributed by atoms with van der Waals surface area (Å²) in [7, 11) is 1.36. The Morgan fingerprint density at radius 1 is 0.967 bits per heavy atom. The number of fused-ring (bicyclic) bond motifs is 1. The Bertz CT molecular complexity index is 1240. The number of hydrogen-bond acceptors (Lipinski definition) is 8. The Morgan fingerprint density at radius 2 is 1.50 bits per heavy atom. The summed E-state index contributed by atoms with van der Waals surface area (Å²) in [5, 5.41) is 60.2. The topological polar surface area (TPSA) is 164 Å². The number of phenolic OH excluding ortho intramolecular Hbond substituents is 5. The summed E-state index contributed by atoms with van der Waals surface area (Å²) in [6.07, 6.45) is 0. The fourth-order valence-corrected chi connectivity index (χ4v) is 3.45. The van der Waals surface area contributed by atoms with E-state index in [0.29, 0.717) is 4.90 Å². The van der Waals surface area contributed by atoms with Crippen molar-refractivity contribution < 1.29 is 35.4 Å². The molecule has 1 amide bonds. The van der Waals surface area contributed by atoms with E-state index in [-0.39, 0.29) is 22.5 Å². The molecule has 1 aromatic heterocycles. The molecule has 0 atom stereocenters. The zero-order valence-electron chi connectivity index (χ0n) is 15.7. The minimum Gasteiger partial charge on any atom is -0.506 e. The summed E-state index contributed by atoms with van der Waals surface area (Å²) in [5.41, 5.74) is -2.12. The fraction of sp³-hybridized carbons (Fsp3) is 0.158. The number of carbonyl (C=O) groups excluding carboxylic acids is 1. The van der Waals surface area contributed by atoms with E-state index in [1.165, 1.54) is 26.1 Å². The normalized spacial score (nSPS) is 11.0. The summed E-state index contributed by atoms with van der Waals surface area (Å²) >= 11 is 6.13. The summed E-state index contributed by atoms with van der Waals surface area (Å²) in [5.74, 6) is -7.69. The van der Waals surface area contributed by atoms with Gasteiger partial charge >= 0.3 is 0 Å². The molecule has 10 nitrogen and oxygen atoms in total. The van der Waals surface area contributed by atoms with Crippen molar-refractivity contribution in [3.8, 4) is 34.5 Å². The number of amides is 1. The van der Waals surface area contributed by atoms with E-state index >= 15 is 0 Å². The lowest BCUT2D eigenvalue weighted by Crippen LogP contribution is -2.36. The molecule has 0 radical (unpaired) electrons. The molecule has 0 aliphatic rings. The third-order valence-corrected chi connectivity index (χ3v) is 5.05. The van der Waals surface area contributed by atoms with E-state index in [1.807, 2.05) is 0 Å². The third-order valence-electron chi connectivity index (χ3n) is 4.74. The number of halogens is 1. The lowest BCUT2D eigenvalue weighted by molar-refractivity contribution is 0.0982. The van der Waals surface area contributed by atoms with Crippen molar-refractivity contribution in [2.24, 2.45) is 7.05 Å². The molecule has 0 bridgehead atoms. The van der Waals surface area contributed by atoms with Crippen LogP contribution in [0.2, 0.25) is 5.02 Å². The van der Waals surface area contributed by atoms with Crippen molar-refractivity contribution in [1.82, 2.24) is 4.57 Å². The zero-order valence-corrected chi connectivity index (χ0v) is 16.5. The van der Waals surface area contributed by atoms with Gasteiger partial charge in [-0.05, 0) is 19.1 Å². The van der Waals surface area contributed by atoms with Gasteiger partial charge in [0.1, 0.15) is 17.0 Å². The van der Waals surface area contributed by atoms with Gasteiger partial charge in [-0.2, -0.15) is 0 Å². The lowest BCUT2D eigenvalue weighted by Gasteiger charge is -2.24. The van der Waals surface area contributed by atoms with Gasteiger partial charge in [0.05, 0.1) is 15.9 Å². The first-order valence-corrected chi connectivity index (χ1v) is 8.93. The number of phenols is 5. The Kier molecular flexibility index (Phi) is 5.04. The van der Waals surface area contributed by atoms with E-state index in [1.54, 1.807) is 6.07 Å². The van der Waals surface area contributed by atoms with Crippen LogP contribution in [0.1, 0.15) is 17.3 Å². The first-order chi connectivity index (χ1) is 14.0. The Morgan fingerprint density at radius 3 is 2.03 bits per heavy atom. The standard InChI is InChI=1S/C19H17ClN2O8/c1-3-22(11-13(24)15(26)17(28)16(27)14(11)25)19(30)10-12(23)9-7(20)5-4-6-8(9)21(2)18(10)29/h4-6,23-28H,3H2,1-2H3. The molecule has 30 heavy (non-hydrogen) atoms. The van der Waals surface area contributed by atoms with Crippen LogP contribution in [0.4, 0.5) is 5.69 Å². The van der Waals surface area contributed by atoms with E-state index in [2.05, 4.69) is 0 Å². The maximum atomic E-state index is 13.2. The number of hydrogen-bond donors (Lipinski definition) is 6. The van der Waals surface area contributed by atoms with Crippen molar-refractivity contribution in [2.75, 3.05) is 11.4 Å². The smallest absolute Gasteiger partial charge is 0.267 e. The summed E-state index contributed by atoms with van der Waals surface area (Å²) in [6, 6.07) is 4.52. The quantitative estimate of drug-likeness (QED) is 0.268. The second-order valence-corrected chi connectivity index (χ2v) is 6.77. The minimum absolute atomic E-state index is 0.0329. The molecule has 0 aliphatic heterocycles. The molecule has 0 saturated heterocycles. The average molecular weight is 437 g/mol. The molecule has 2 aromatic carbocycles. The van der Waals surface area contributed by atoms with Crippen LogP contribution in [-0.4, -0.2) is 47.7 Å². The number of aromatic hydroxyl groups is 6. The first-order valence-electron chi connectivity index (χ1n) is 8.55. The molecule has 0 aliphatic carbocycles. The molecule has 158 valence electrons. The Balaban J connectivity index is 2.34. The van der Waals surface area contributed by atoms with Gasteiger partial charge in [-0.15, -0.1) is 0 Å². The summed E-state index contributed by atoms with van der Waals surface area (Å²) < 4.78 is 1.09. The van der Waals surface area contributed by atoms with Gasteiger partial charge < -0.3 is 40.1 Å². The number of carbonyl (C=O) groups is 1. The van der Waals surface area contributed by atoms with Crippen LogP contribution in [0.25, 0.3) is 10.9 Å².